The number of benzene rings is 1. The van der Waals surface area contributed by atoms with Crippen LogP contribution in [0.25, 0.3) is 0 Å². The van der Waals surface area contributed by atoms with E-state index in [1.807, 2.05) is 6.26 Å². The molecule has 0 spiro atoms. The van der Waals surface area contributed by atoms with E-state index < -0.39 is 47.1 Å². The standard InChI is InChI=1S/C20H24N4O6S/c1-23-16(21)15(18(27)24(2)20(23)29)14(25)11-30-19(28)13(9-10-31-3)22-17(26)12-7-5-4-6-8-12/h4-8,13H,9-11,21H2,1-3H3,(H,22,26). The Morgan fingerprint density at radius 1 is 1.13 bits per heavy atom. The molecule has 0 saturated carbocycles. The lowest BCUT2D eigenvalue weighted by atomic mass is 10.1. The zero-order valence-corrected chi connectivity index (χ0v) is 18.2. The maximum atomic E-state index is 12.5. The van der Waals surface area contributed by atoms with Crippen LogP contribution >= 0.6 is 11.8 Å². The van der Waals surface area contributed by atoms with Crippen molar-refractivity contribution in [1.82, 2.24) is 14.5 Å². The molecule has 11 heteroatoms. The van der Waals surface area contributed by atoms with Crippen LogP contribution in [0.2, 0.25) is 0 Å². The van der Waals surface area contributed by atoms with Gasteiger partial charge in [0, 0.05) is 19.7 Å². The number of rotatable bonds is 9. The van der Waals surface area contributed by atoms with Crippen LogP contribution in [0.3, 0.4) is 0 Å². The lowest BCUT2D eigenvalue weighted by Crippen LogP contribution is -2.44. The van der Waals surface area contributed by atoms with E-state index in [9.17, 15) is 24.0 Å². The third-order valence-corrected chi connectivity index (χ3v) is 5.21. The maximum Gasteiger partial charge on any atom is 0.332 e. The predicted molar refractivity (Wildman–Crippen MR) is 117 cm³/mol. The van der Waals surface area contributed by atoms with Gasteiger partial charge in [-0.1, -0.05) is 18.2 Å². The fourth-order valence-electron chi connectivity index (χ4n) is 2.75. The van der Waals surface area contributed by atoms with Crippen molar-refractivity contribution in [2.45, 2.75) is 12.5 Å². The summed E-state index contributed by atoms with van der Waals surface area (Å²) in [6, 6.07) is 7.38. The van der Waals surface area contributed by atoms with Crippen molar-refractivity contribution in [3.8, 4) is 0 Å². The largest absolute Gasteiger partial charge is 0.456 e. The zero-order chi connectivity index (χ0) is 23.1. The summed E-state index contributed by atoms with van der Waals surface area (Å²) in [6.07, 6.45) is 2.14. The average molecular weight is 449 g/mol. The number of thioether (sulfide) groups is 1. The Morgan fingerprint density at radius 3 is 2.39 bits per heavy atom. The van der Waals surface area contributed by atoms with E-state index in [4.69, 9.17) is 10.5 Å². The second kappa shape index (κ2) is 10.6. The number of aromatic nitrogens is 2. The summed E-state index contributed by atoms with van der Waals surface area (Å²) < 4.78 is 6.77. The Morgan fingerprint density at radius 2 is 1.77 bits per heavy atom. The smallest absolute Gasteiger partial charge is 0.332 e. The SMILES string of the molecule is CSCCC(NC(=O)c1ccccc1)C(=O)OCC(=O)c1c(N)n(C)c(=O)n(C)c1=O. The Kier molecular flexibility index (Phi) is 8.20. The summed E-state index contributed by atoms with van der Waals surface area (Å²) in [5.41, 5.74) is 4.12. The number of nitrogens with one attached hydrogen (secondary N) is 1. The van der Waals surface area contributed by atoms with E-state index in [0.717, 1.165) is 9.13 Å². The summed E-state index contributed by atoms with van der Waals surface area (Å²) in [5, 5.41) is 2.61. The van der Waals surface area contributed by atoms with Crippen molar-refractivity contribution >= 4 is 35.2 Å². The van der Waals surface area contributed by atoms with E-state index in [0.29, 0.717) is 11.3 Å². The van der Waals surface area contributed by atoms with Crippen LogP contribution in [-0.4, -0.2) is 51.5 Å². The highest BCUT2D eigenvalue weighted by Gasteiger charge is 2.26. The molecule has 1 amide bonds. The van der Waals surface area contributed by atoms with Crippen molar-refractivity contribution in [1.29, 1.82) is 0 Å². The molecule has 0 fully saturated rings. The fraction of sp³-hybridized carbons (Fsp3) is 0.350. The highest BCUT2D eigenvalue weighted by Crippen LogP contribution is 2.08. The number of nitrogens with two attached hydrogens (primary N) is 1. The molecule has 0 radical (unpaired) electrons. The van der Waals surface area contributed by atoms with Crippen LogP contribution in [0.1, 0.15) is 27.1 Å². The third-order valence-electron chi connectivity index (χ3n) is 4.57. The number of anilines is 1. The van der Waals surface area contributed by atoms with Gasteiger partial charge in [-0.15, -0.1) is 0 Å². The zero-order valence-electron chi connectivity index (χ0n) is 17.4. The highest BCUT2D eigenvalue weighted by atomic mass is 32.2. The monoisotopic (exact) mass is 448 g/mol. The quantitative estimate of drug-likeness (QED) is 0.401. The first-order chi connectivity index (χ1) is 14.7. The van der Waals surface area contributed by atoms with Gasteiger partial charge in [0.05, 0.1) is 0 Å². The number of hydrogen-bond donors (Lipinski definition) is 2. The first kappa shape index (κ1) is 23.9. The first-order valence-electron chi connectivity index (χ1n) is 9.29. The van der Waals surface area contributed by atoms with E-state index in [1.165, 1.54) is 25.9 Å². The molecule has 2 rings (SSSR count). The lowest BCUT2D eigenvalue weighted by molar-refractivity contribution is -0.144. The molecule has 1 unspecified atom stereocenters. The number of carbonyl (C=O) groups excluding carboxylic acids is 3. The minimum Gasteiger partial charge on any atom is -0.456 e. The highest BCUT2D eigenvalue weighted by molar-refractivity contribution is 7.98. The fourth-order valence-corrected chi connectivity index (χ4v) is 3.22. The topological polar surface area (TPSA) is 142 Å². The molecular formula is C20H24N4O6S. The minimum absolute atomic E-state index is 0.288. The van der Waals surface area contributed by atoms with Gasteiger partial charge in [-0.05, 0) is 30.6 Å². The second-order valence-corrected chi connectivity index (χ2v) is 7.66. The molecule has 0 aliphatic carbocycles. The average Bonchev–Trinajstić information content (AvgIpc) is 2.78. The Balaban J connectivity index is 2.14. The number of nitrogens with zero attached hydrogens (tertiary/aromatic N) is 2. The second-order valence-electron chi connectivity index (χ2n) is 6.67. The van der Waals surface area contributed by atoms with Crippen molar-refractivity contribution in [3.05, 3.63) is 62.3 Å². The van der Waals surface area contributed by atoms with E-state index in [1.54, 1.807) is 30.3 Å². The molecule has 1 atom stereocenters. The van der Waals surface area contributed by atoms with Gasteiger partial charge in [0.1, 0.15) is 17.4 Å². The molecule has 0 bridgehead atoms. The van der Waals surface area contributed by atoms with Crippen LogP contribution < -0.4 is 22.3 Å². The molecule has 2 aromatic rings. The van der Waals surface area contributed by atoms with Gasteiger partial charge in [-0.3, -0.25) is 23.5 Å². The summed E-state index contributed by atoms with van der Waals surface area (Å²) >= 11 is 1.48. The van der Waals surface area contributed by atoms with Crippen molar-refractivity contribution < 1.29 is 19.1 Å². The number of carbonyl (C=O) groups is 3. The predicted octanol–water partition coefficient (Wildman–Crippen LogP) is -0.0562. The van der Waals surface area contributed by atoms with Crippen LogP contribution in [-0.2, 0) is 23.6 Å². The first-order valence-corrected chi connectivity index (χ1v) is 10.7. The minimum atomic E-state index is -0.978. The lowest BCUT2D eigenvalue weighted by Gasteiger charge is -2.17. The molecule has 0 aliphatic heterocycles. The van der Waals surface area contributed by atoms with E-state index in [-0.39, 0.29) is 12.2 Å². The van der Waals surface area contributed by atoms with E-state index in [2.05, 4.69) is 5.32 Å². The van der Waals surface area contributed by atoms with Crippen LogP contribution in [0.15, 0.2) is 39.9 Å². The van der Waals surface area contributed by atoms with Gasteiger partial charge >= 0.3 is 11.7 Å². The van der Waals surface area contributed by atoms with E-state index >= 15 is 0 Å². The number of Topliss-reactive ketones (excluding diaryl/α,β-unsaturated/α-hetero) is 1. The summed E-state index contributed by atoms with van der Waals surface area (Å²) in [7, 11) is 2.53. The van der Waals surface area contributed by atoms with Crippen molar-refractivity contribution in [2.75, 3.05) is 24.3 Å². The van der Waals surface area contributed by atoms with Gasteiger partial charge in [0.25, 0.3) is 11.5 Å². The maximum absolute atomic E-state index is 12.5. The molecule has 0 aliphatic rings. The number of hydrogen-bond acceptors (Lipinski definition) is 8. The number of nitrogen functional groups attached to an aromatic ring is 1. The molecule has 3 N–H and O–H groups in total. The van der Waals surface area contributed by atoms with Crippen molar-refractivity contribution in [3.63, 3.8) is 0 Å². The third kappa shape index (κ3) is 5.63. The summed E-state index contributed by atoms with van der Waals surface area (Å²) in [5.74, 6) is -1.86. The number of esters is 1. The molecule has 1 aromatic heterocycles. The number of ether oxygens (including phenoxy) is 1. The van der Waals surface area contributed by atoms with Gasteiger partial charge in [0.15, 0.2) is 6.61 Å². The Hall–Kier alpha value is -3.34. The van der Waals surface area contributed by atoms with Gasteiger partial charge in [0.2, 0.25) is 5.78 Å². The molecule has 31 heavy (non-hydrogen) atoms. The van der Waals surface area contributed by atoms with Crippen LogP contribution in [0.5, 0.6) is 0 Å². The molecule has 0 saturated heterocycles. The molecular weight excluding hydrogens is 424 g/mol. The molecule has 1 aromatic carbocycles. The number of amides is 1. The summed E-state index contributed by atoms with van der Waals surface area (Å²) in [4.78, 5) is 61.6. The Labute approximate surface area is 182 Å². The number of ketones is 1. The molecule has 10 nitrogen and oxygen atoms in total. The van der Waals surface area contributed by atoms with Crippen molar-refractivity contribution in [2.24, 2.45) is 14.1 Å². The van der Waals surface area contributed by atoms with Gasteiger partial charge < -0.3 is 15.8 Å². The van der Waals surface area contributed by atoms with Gasteiger partial charge in [-0.25, -0.2) is 9.59 Å². The Bertz CT molecular complexity index is 1090. The normalized spacial score (nSPS) is 11.6. The molecule has 1 heterocycles. The van der Waals surface area contributed by atoms with Gasteiger partial charge in [-0.2, -0.15) is 11.8 Å². The summed E-state index contributed by atoms with van der Waals surface area (Å²) in [6.45, 7) is -0.756. The van der Waals surface area contributed by atoms with Crippen LogP contribution in [0.4, 0.5) is 5.82 Å². The molecule has 166 valence electrons. The van der Waals surface area contributed by atoms with Crippen LogP contribution in [0, 0.1) is 0 Å².